The normalized spacial score (nSPS) is 14.5. The second-order valence-corrected chi connectivity index (χ2v) is 12.0. The third-order valence-electron chi connectivity index (χ3n) is 6.65. The zero-order valence-corrected chi connectivity index (χ0v) is 24.2. The van der Waals surface area contributed by atoms with Crippen LogP contribution in [-0.2, 0) is 32.6 Å². The Hall–Kier alpha value is -3.40. The van der Waals surface area contributed by atoms with Crippen LogP contribution in [0, 0.1) is 0 Å². The molecule has 1 N–H and O–H groups in total. The quantitative estimate of drug-likeness (QED) is 0.343. The Bertz CT molecular complexity index is 1490. The minimum atomic E-state index is -4.09. The molecule has 210 valence electrons. The summed E-state index contributed by atoms with van der Waals surface area (Å²) < 4.78 is 26.8. The van der Waals surface area contributed by atoms with E-state index >= 15 is 0 Å². The number of hydrogen-bond acceptors (Lipinski definition) is 5. The molecule has 0 bridgehead atoms. The van der Waals surface area contributed by atoms with Crippen molar-refractivity contribution in [3.8, 4) is 0 Å². The van der Waals surface area contributed by atoms with E-state index in [0.717, 1.165) is 5.56 Å². The van der Waals surface area contributed by atoms with Crippen LogP contribution in [0.2, 0.25) is 10.0 Å². The Morgan fingerprint density at radius 1 is 0.950 bits per heavy atom. The van der Waals surface area contributed by atoms with Crippen LogP contribution >= 0.6 is 23.2 Å². The number of halogens is 2. The molecule has 1 heterocycles. The lowest BCUT2D eigenvalue weighted by atomic mass is 10.0. The first-order valence-electron chi connectivity index (χ1n) is 12.8. The molecular formula is C29H29Cl2N3O5S. The first-order chi connectivity index (χ1) is 19.1. The maximum Gasteiger partial charge on any atom is 0.269 e. The molecule has 3 aromatic rings. The summed E-state index contributed by atoms with van der Waals surface area (Å²) in [5.41, 5.74) is 1.35. The van der Waals surface area contributed by atoms with Gasteiger partial charge in [0.15, 0.2) is 0 Å². The zero-order valence-electron chi connectivity index (χ0n) is 21.8. The molecule has 8 nitrogen and oxygen atoms in total. The lowest BCUT2D eigenvalue weighted by Crippen LogP contribution is -2.51. The van der Waals surface area contributed by atoms with Crippen LogP contribution in [0.1, 0.15) is 41.3 Å². The monoisotopic (exact) mass is 601 g/mol. The number of nitrogens with one attached hydrogen (secondary N) is 1. The van der Waals surface area contributed by atoms with Gasteiger partial charge in [-0.05, 0) is 36.2 Å². The third kappa shape index (κ3) is 6.32. The van der Waals surface area contributed by atoms with Crippen molar-refractivity contribution >= 4 is 50.9 Å². The largest absolute Gasteiger partial charge is 0.354 e. The van der Waals surface area contributed by atoms with E-state index in [1.54, 1.807) is 24.3 Å². The lowest BCUT2D eigenvalue weighted by Gasteiger charge is -2.32. The van der Waals surface area contributed by atoms with Crippen LogP contribution in [0.25, 0.3) is 0 Å². The number of nitrogens with zero attached hydrogens (tertiary/aromatic N) is 2. The molecule has 11 heteroatoms. The highest BCUT2D eigenvalue weighted by molar-refractivity contribution is 7.90. The van der Waals surface area contributed by atoms with E-state index in [4.69, 9.17) is 23.2 Å². The van der Waals surface area contributed by atoms with Gasteiger partial charge in [-0.15, -0.1) is 0 Å². The molecule has 0 saturated heterocycles. The van der Waals surface area contributed by atoms with Gasteiger partial charge >= 0.3 is 0 Å². The number of amides is 3. The molecule has 0 fully saturated rings. The highest BCUT2D eigenvalue weighted by Gasteiger charge is 2.41. The highest BCUT2D eigenvalue weighted by atomic mass is 35.5. The van der Waals surface area contributed by atoms with Crippen molar-refractivity contribution in [2.75, 3.05) is 13.1 Å². The van der Waals surface area contributed by atoms with Gasteiger partial charge in [-0.25, -0.2) is 12.7 Å². The van der Waals surface area contributed by atoms with Crippen molar-refractivity contribution in [3.05, 3.63) is 99.5 Å². The Kier molecular flexibility index (Phi) is 9.50. The van der Waals surface area contributed by atoms with Gasteiger partial charge in [0.1, 0.15) is 10.9 Å². The van der Waals surface area contributed by atoms with Crippen molar-refractivity contribution < 1.29 is 22.8 Å². The number of hydrogen-bond donors (Lipinski definition) is 1. The molecule has 1 aliphatic rings. The fourth-order valence-corrected chi connectivity index (χ4v) is 6.65. The predicted octanol–water partition coefficient (Wildman–Crippen LogP) is 4.69. The summed E-state index contributed by atoms with van der Waals surface area (Å²) in [7, 11) is -4.09. The molecule has 0 radical (unpaired) electrons. The molecule has 0 aromatic heterocycles. The molecule has 40 heavy (non-hydrogen) atoms. The number of rotatable bonds is 11. The maximum absolute atomic E-state index is 13.9. The van der Waals surface area contributed by atoms with Gasteiger partial charge in [0.25, 0.3) is 15.9 Å². The topological polar surface area (TPSA) is 104 Å². The Balaban J connectivity index is 1.66. The van der Waals surface area contributed by atoms with Gasteiger partial charge in [0, 0.05) is 48.1 Å². The Morgan fingerprint density at radius 3 is 2.25 bits per heavy atom. The standard InChI is InChI=1S/C29H29Cl2N3O5S/c1-2-16-32-28(36)25(18-20-9-4-3-5-10-20)33(19-22-23(30)12-8-13-24(22)31)27(35)15-17-34-29(37)21-11-6-7-14-26(21)40(34,38)39/h3-14,25H,2,15-19H2,1H3,(H,32,36). The molecule has 4 rings (SSSR count). The number of carbonyl (C=O) groups is 3. The van der Waals surface area contributed by atoms with E-state index in [-0.39, 0.29) is 42.3 Å². The summed E-state index contributed by atoms with van der Waals surface area (Å²) in [5, 5.41) is 3.52. The Morgan fingerprint density at radius 2 is 1.60 bits per heavy atom. The fraction of sp³-hybridized carbons (Fsp3) is 0.276. The van der Waals surface area contributed by atoms with Gasteiger partial charge in [-0.1, -0.05) is 78.7 Å². The molecule has 1 atom stereocenters. The van der Waals surface area contributed by atoms with Crippen LogP contribution in [0.15, 0.2) is 77.7 Å². The molecule has 0 spiro atoms. The molecular weight excluding hydrogens is 573 g/mol. The van der Waals surface area contributed by atoms with E-state index in [1.165, 1.54) is 23.1 Å². The minimum Gasteiger partial charge on any atom is -0.354 e. The van der Waals surface area contributed by atoms with Crippen molar-refractivity contribution in [2.24, 2.45) is 0 Å². The third-order valence-corrected chi connectivity index (χ3v) is 9.20. The van der Waals surface area contributed by atoms with E-state index in [1.807, 2.05) is 37.3 Å². The molecule has 0 aliphatic carbocycles. The minimum absolute atomic E-state index is 0.0653. The van der Waals surface area contributed by atoms with Crippen LogP contribution < -0.4 is 5.32 Å². The average molecular weight is 603 g/mol. The van der Waals surface area contributed by atoms with E-state index < -0.39 is 27.9 Å². The summed E-state index contributed by atoms with van der Waals surface area (Å²) in [5.74, 6) is -1.58. The average Bonchev–Trinajstić information content (AvgIpc) is 3.14. The van der Waals surface area contributed by atoms with Crippen LogP contribution in [0.4, 0.5) is 0 Å². The van der Waals surface area contributed by atoms with E-state index in [9.17, 15) is 22.8 Å². The fourth-order valence-electron chi connectivity index (χ4n) is 4.57. The van der Waals surface area contributed by atoms with Crippen LogP contribution in [0.3, 0.4) is 0 Å². The number of sulfonamides is 1. The van der Waals surface area contributed by atoms with Gasteiger partial charge in [0.05, 0.1) is 5.56 Å². The van der Waals surface area contributed by atoms with Crippen molar-refractivity contribution in [2.45, 2.75) is 43.7 Å². The summed E-state index contributed by atoms with van der Waals surface area (Å²) >= 11 is 12.9. The van der Waals surface area contributed by atoms with Crippen molar-refractivity contribution in [1.29, 1.82) is 0 Å². The number of benzene rings is 3. The predicted molar refractivity (Wildman–Crippen MR) is 154 cm³/mol. The summed E-state index contributed by atoms with van der Waals surface area (Å²) in [6.45, 7) is 1.87. The van der Waals surface area contributed by atoms with E-state index in [0.29, 0.717) is 32.9 Å². The van der Waals surface area contributed by atoms with Gasteiger partial charge in [-0.3, -0.25) is 14.4 Å². The maximum atomic E-state index is 13.9. The van der Waals surface area contributed by atoms with Gasteiger partial charge in [0.2, 0.25) is 11.8 Å². The lowest BCUT2D eigenvalue weighted by molar-refractivity contribution is -0.141. The second kappa shape index (κ2) is 12.8. The molecule has 1 aliphatic heterocycles. The number of carbonyl (C=O) groups excluding carboxylic acids is 3. The molecule has 3 aromatic carbocycles. The Labute approximate surface area is 243 Å². The first kappa shape index (κ1) is 29.6. The second-order valence-electron chi connectivity index (χ2n) is 9.35. The van der Waals surface area contributed by atoms with E-state index in [2.05, 4.69) is 5.32 Å². The summed E-state index contributed by atoms with van der Waals surface area (Å²) in [6.07, 6.45) is 0.563. The smallest absolute Gasteiger partial charge is 0.269 e. The van der Waals surface area contributed by atoms with Crippen LogP contribution in [0.5, 0.6) is 0 Å². The molecule has 1 unspecified atom stereocenters. The molecule has 0 saturated carbocycles. The zero-order chi connectivity index (χ0) is 28.9. The van der Waals surface area contributed by atoms with Crippen LogP contribution in [-0.4, -0.2) is 54.5 Å². The van der Waals surface area contributed by atoms with Gasteiger partial charge in [-0.2, -0.15) is 0 Å². The number of fused-ring (bicyclic) bond motifs is 1. The molecule has 3 amide bonds. The highest BCUT2D eigenvalue weighted by Crippen LogP contribution is 2.31. The van der Waals surface area contributed by atoms with Crippen molar-refractivity contribution in [1.82, 2.24) is 14.5 Å². The summed E-state index contributed by atoms with van der Waals surface area (Å²) in [4.78, 5) is 41.5. The SMILES string of the molecule is CCCNC(=O)C(Cc1ccccc1)N(Cc1c(Cl)cccc1Cl)C(=O)CCN1C(=O)c2ccccc2S1(=O)=O. The van der Waals surface area contributed by atoms with Crippen molar-refractivity contribution in [3.63, 3.8) is 0 Å². The summed E-state index contributed by atoms with van der Waals surface area (Å²) in [6, 6.07) is 19.2. The first-order valence-corrected chi connectivity index (χ1v) is 15.0. The van der Waals surface area contributed by atoms with Gasteiger partial charge < -0.3 is 10.2 Å².